The molecule has 0 aromatic heterocycles. The fourth-order valence-corrected chi connectivity index (χ4v) is 5.09. The Morgan fingerprint density at radius 2 is 2.03 bits per heavy atom. The predicted molar refractivity (Wildman–Crippen MR) is 126 cm³/mol. The summed E-state index contributed by atoms with van der Waals surface area (Å²) in [4.78, 5) is 30.0. The maximum Gasteiger partial charge on any atom is 0.289 e. The van der Waals surface area contributed by atoms with Gasteiger partial charge >= 0.3 is 0 Å². The predicted octanol–water partition coefficient (Wildman–Crippen LogP) is 2.80. The molecule has 2 aliphatic heterocycles. The van der Waals surface area contributed by atoms with Crippen LogP contribution in [0.15, 0.2) is 34.5 Å². The molecule has 8 heteroatoms. The van der Waals surface area contributed by atoms with Gasteiger partial charge < -0.3 is 19.7 Å². The zero-order chi connectivity index (χ0) is 22.3. The topological polar surface area (TPSA) is 71.1 Å². The van der Waals surface area contributed by atoms with Gasteiger partial charge in [-0.05, 0) is 56.0 Å². The van der Waals surface area contributed by atoms with Crippen LogP contribution in [0.25, 0.3) is 6.08 Å². The fourth-order valence-electron chi connectivity index (χ4n) is 4.68. The van der Waals surface area contributed by atoms with Crippen LogP contribution in [-0.2, 0) is 19.1 Å². The van der Waals surface area contributed by atoms with Gasteiger partial charge in [0.2, 0.25) is 5.91 Å². The molecule has 1 saturated carbocycles. The number of nitrogens with one attached hydrogen (secondary N) is 1. The van der Waals surface area contributed by atoms with Crippen molar-refractivity contribution in [3.05, 3.63) is 40.1 Å². The second-order valence-electron chi connectivity index (χ2n) is 8.66. The number of halogens is 1. The Morgan fingerprint density at radius 1 is 1.22 bits per heavy atom. The normalized spacial score (nSPS) is 25.3. The number of ether oxygens (including phenoxy) is 2. The highest BCUT2D eigenvalue weighted by molar-refractivity contribution is 9.10. The van der Waals surface area contributed by atoms with Crippen molar-refractivity contribution in [1.82, 2.24) is 15.1 Å². The molecular weight excluding hydrogens is 474 g/mol. The Labute approximate surface area is 198 Å². The highest BCUT2D eigenvalue weighted by Crippen LogP contribution is 2.33. The van der Waals surface area contributed by atoms with Gasteiger partial charge in [-0.1, -0.05) is 34.5 Å². The van der Waals surface area contributed by atoms with E-state index in [4.69, 9.17) is 9.47 Å². The second kappa shape index (κ2) is 11.3. The highest BCUT2D eigenvalue weighted by atomic mass is 79.9. The average Bonchev–Trinajstić information content (AvgIpc) is 2.80. The van der Waals surface area contributed by atoms with E-state index < -0.39 is 0 Å². The number of amides is 2. The lowest BCUT2D eigenvalue weighted by atomic mass is 9.89. The standard InChI is InChI=1S/C24H32BrN3O4/c25-19-6-3-5-18(15-19)16-22-24(30)28(20-7-1-2-8-21(20)32-22)17-23(29)26-9-4-10-27-11-13-31-14-12-27/h3,5-6,15-16,20-21H,1-2,4,7-14,17H2,(H,26,29)/b22-16+. The maximum atomic E-state index is 13.3. The minimum atomic E-state index is -0.198. The van der Waals surface area contributed by atoms with E-state index in [-0.39, 0.29) is 30.5 Å². The molecule has 2 saturated heterocycles. The summed E-state index contributed by atoms with van der Waals surface area (Å²) in [5.74, 6) is 0.0244. The zero-order valence-corrected chi connectivity index (χ0v) is 20.0. The number of carbonyl (C=O) groups is 2. The number of carbonyl (C=O) groups excluding carboxylic acids is 2. The molecule has 2 heterocycles. The smallest absolute Gasteiger partial charge is 0.289 e. The number of fused-ring (bicyclic) bond motifs is 1. The molecule has 0 radical (unpaired) electrons. The van der Waals surface area contributed by atoms with Crippen LogP contribution in [0.4, 0.5) is 0 Å². The molecule has 1 aromatic carbocycles. The summed E-state index contributed by atoms with van der Waals surface area (Å²) in [6.45, 7) is 5.11. The SMILES string of the molecule is O=C(CN1C(=O)/C(=C\c2cccc(Br)c2)OC2CCCCC21)NCCCN1CCOCC1. The van der Waals surface area contributed by atoms with Crippen LogP contribution < -0.4 is 5.32 Å². The van der Waals surface area contributed by atoms with Crippen LogP contribution in [0.3, 0.4) is 0 Å². The van der Waals surface area contributed by atoms with Crippen molar-refractivity contribution in [2.24, 2.45) is 0 Å². The quantitative estimate of drug-likeness (QED) is 0.455. The van der Waals surface area contributed by atoms with E-state index in [1.165, 1.54) is 0 Å². The lowest BCUT2D eigenvalue weighted by Gasteiger charge is -2.44. The van der Waals surface area contributed by atoms with Gasteiger partial charge in [-0.25, -0.2) is 0 Å². The number of hydrogen-bond acceptors (Lipinski definition) is 5. The lowest BCUT2D eigenvalue weighted by molar-refractivity contribution is -0.151. The van der Waals surface area contributed by atoms with Crippen LogP contribution in [-0.4, -0.2) is 79.7 Å². The van der Waals surface area contributed by atoms with E-state index in [2.05, 4.69) is 26.1 Å². The van der Waals surface area contributed by atoms with Crippen molar-refractivity contribution in [2.45, 2.75) is 44.2 Å². The molecule has 3 aliphatic rings. The van der Waals surface area contributed by atoms with E-state index in [1.54, 1.807) is 11.0 Å². The van der Waals surface area contributed by atoms with Gasteiger partial charge in [-0.3, -0.25) is 14.5 Å². The Kier molecular flexibility index (Phi) is 8.21. The minimum absolute atomic E-state index is 0.0324. The van der Waals surface area contributed by atoms with E-state index in [0.717, 1.165) is 75.0 Å². The van der Waals surface area contributed by atoms with E-state index in [0.29, 0.717) is 12.3 Å². The zero-order valence-electron chi connectivity index (χ0n) is 18.4. The monoisotopic (exact) mass is 505 g/mol. The molecular formula is C24H32BrN3O4. The van der Waals surface area contributed by atoms with Gasteiger partial charge in [0.15, 0.2) is 5.76 Å². The number of nitrogens with zero attached hydrogens (tertiary/aromatic N) is 2. The first-order valence-electron chi connectivity index (χ1n) is 11.6. The molecule has 2 amide bonds. The Morgan fingerprint density at radius 3 is 2.84 bits per heavy atom. The van der Waals surface area contributed by atoms with E-state index in [9.17, 15) is 9.59 Å². The van der Waals surface area contributed by atoms with Crippen molar-refractivity contribution >= 4 is 33.8 Å². The lowest BCUT2D eigenvalue weighted by Crippen LogP contribution is -2.57. The molecule has 32 heavy (non-hydrogen) atoms. The van der Waals surface area contributed by atoms with Crippen LogP contribution in [0, 0.1) is 0 Å². The van der Waals surface area contributed by atoms with Crippen LogP contribution in [0.2, 0.25) is 0 Å². The summed E-state index contributed by atoms with van der Waals surface area (Å²) in [7, 11) is 0. The first kappa shape index (κ1) is 23.3. The summed E-state index contributed by atoms with van der Waals surface area (Å²) in [6, 6.07) is 7.72. The summed E-state index contributed by atoms with van der Waals surface area (Å²) in [5, 5.41) is 3.00. The summed E-state index contributed by atoms with van der Waals surface area (Å²) < 4.78 is 12.4. The minimum Gasteiger partial charge on any atom is -0.482 e. The number of rotatable bonds is 7. The Hall–Kier alpha value is -1.90. The molecule has 2 unspecified atom stereocenters. The third kappa shape index (κ3) is 6.11. The highest BCUT2D eigenvalue weighted by Gasteiger charge is 2.42. The van der Waals surface area contributed by atoms with E-state index >= 15 is 0 Å². The van der Waals surface area contributed by atoms with Crippen LogP contribution in [0.5, 0.6) is 0 Å². The molecule has 0 bridgehead atoms. The largest absolute Gasteiger partial charge is 0.482 e. The first-order valence-corrected chi connectivity index (χ1v) is 12.4. The molecule has 7 nitrogen and oxygen atoms in total. The van der Waals surface area contributed by atoms with Gasteiger partial charge in [0.25, 0.3) is 5.91 Å². The third-order valence-electron chi connectivity index (χ3n) is 6.36. The fraction of sp³-hybridized carbons (Fsp3) is 0.583. The van der Waals surface area contributed by atoms with Crippen molar-refractivity contribution in [1.29, 1.82) is 0 Å². The van der Waals surface area contributed by atoms with Gasteiger partial charge in [-0.2, -0.15) is 0 Å². The van der Waals surface area contributed by atoms with Gasteiger partial charge in [-0.15, -0.1) is 0 Å². The number of hydrogen-bond donors (Lipinski definition) is 1. The Bertz CT molecular complexity index is 840. The maximum absolute atomic E-state index is 13.3. The molecule has 2 atom stereocenters. The van der Waals surface area contributed by atoms with Gasteiger partial charge in [0, 0.05) is 24.1 Å². The molecule has 3 fully saturated rings. The van der Waals surface area contributed by atoms with Crippen LogP contribution >= 0.6 is 15.9 Å². The Balaban J connectivity index is 1.36. The molecule has 174 valence electrons. The summed E-state index contributed by atoms with van der Waals surface area (Å²) in [5.41, 5.74) is 0.893. The van der Waals surface area contributed by atoms with Crippen molar-refractivity contribution in [3.63, 3.8) is 0 Å². The molecule has 4 rings (SSSR count). The molecule has 0 spiro atoms. The number of benzene rings is 1. The molecule has 1 N–H and O–H groups in total. The van der Waals surface area contributed by atoms with Crippen molar-refractivity contribution in [3.8, 4) is 0 Å². The van der Waals surface area contributed by atoms with Crippen LogP contribution in [0.1, 0.15) is 37.7 Å². The second-order valence-corrected chi connectivity index (χ2v) is 9.58. The van der Waals surface area contributed by atoms with Gasteiger partial charge in [0.1, 0.15) is 12.6 Å². The third-order valence-corrected chi connectivity index (χ3v) is 6.85. The first-order chi connectivity index (χ1) is 15.6. The average molecular weight is 506 g/mol. The summed E-state index contributed by atoms with van der Waals surface area (Å²) in [6.07, 6.45) is 6.56. The van der Waals surface area contributed by atoms with Crippen molar-refractivity contribution in [2.75, 3.05) is 45.9 Å². The number of morpholine rings is 2. The van der Waals surface area contributed by atoms with E-state index in [1.807, 2.05) is 24.3 Å². The van der Waals surface area contributed by atoms with Crippen molar-refractivity contribution < 1.29 is 19.1 Å². The molecule has 1 aliphatic carbocycles. The molecule has 1 aromatic rings. The van der Waals surface area contributed by atoms with Gasteiger partial charge in [0.05, 0.1) is 19.3 Å². The summed E-state index contributed by atoms with van der Waals surface area (Å²) >= 11 is 3.47.